The molecule has 0 aliphatic carbocycles. The summed E-state index contributed by atoms with van der Waals surface area (Å²) in [7, 11) is 0. The van der Waals surface area contributed by atoms with Gasteiger partial charge in [0.05, 0.1) is 5.56 Å². The topological polar surface area (TPSA) is 72.1 Å². The maximum absolute atomic E-state index is 12.7. The molecule has 26 heavy (non-hydrogen) atoms. The van der Waals surface area contributed by atoms with Crippen LogP contribution in [0, 0.1) is 12.8 Å². The molecule has 3 heterocycles. The molecule has 0 spiro atoms. The van der Waals surface area contributed by atoms with Crippen molar-refractivity contribution in [3.8, 4) is 11.5 Å². The van der Waals surface area contributed by atoms with E-state index in [0.29, 0.717) is 11.7 Å². The van der Waals surface area contributed by atoms with Crippen molar-refractivity contribution in [1.29, 1.82) is 0 Å². The fourth-order valence-electron chi connectivity index (χ4n) is 3.41. The molecule has 0 radical (unpaired) electrons. The highest BCUT2D eigenvalue weighted by Crippen LogP contribution is 2.31. The van der Waals surface area contributed by atoms with Gasteiger partial charge in [-0.25, -0.2) is 4.98 Å². The van der Waals surface area contributed by atoms with Crippen LogP contribution in [-0.2, 0) is 0 Å². The van der Waals surface area contributed by atoms with Gasteiger partial charge in [-0.15, -0.1) is 0 Å². The van der Waals surface area contributed by atoms with Crippen molar-refractivity contribution >= 4 is 11.6 Å². The number of Topliss-reactive ketones (excluding diaryl/α,β-unsaturated/α-hetero) is 1. The van der Waals surface area contributed by atoms with Crippen LogP contribution in [0.1, 0.15) is 29.0 Å². The van der Waals surface area contributed by atoms with Crippen LogP contribution in [0.25, 0.3) is 11.5 Å². The third kappa shape index (κ3) is 3.22. The molecule has 0 atom stereocenters. The quantitative estimate of drug-likeness (QED) is 0.672. The average Bonchev–Trinajstić information content (AvgIpc) is 3.14. The number of hydrogen-bond donors (Lipinski definition) is 0. The molecule has 132 valence electrons. The summed E-state index contributed by atoms with van der Waals surface area (Å²) in [5.74, 6) is 2.21. The van der Waals surface area contributed by atoms with Crippen LogP contribution in [0.15, 0.2) is 53.2 Å². The Hall–Kier alpha value is -3.02. The van der Waals surface area contributed by atoms with Crippen molar-refractivity contribution in [3.63, 3.8) is 0 Å². The summed E-state index contributed by atoms with van der Waals surface area (Å²) in [4.78, 5) is 23.7. The summed E-state index contributed by atoms with van der Waals surface area (Å²) >= 11 is 0. The first kappa shape index (κ1) is 16.4. The number of piperidine rings is 1. The third-order valence-electron chi connectivity index (χ3n) is 4.77. The van der Waals surface area contributed by atoms with Crippen molar-refractivity contribution < 1.29 is 9.32 Å². The maximum atomic E-state index is 12.7. The van der Waals surface area contributed by atoms with E-state index in [1.54, 1.807) is 13.1 Å². The molecule has 3 aromatic rings. The minimum Gasteiger partial charge on any atom is -0.356 e. The molecule has 6 heteroatoms. The Balaban J connectivity index is 1.50. The van der Waals surface area contributed by atoms with Gasteiger partial charge in [0.2, 0.25) is 0 Å². The van der Waals surface area contributed by atoms with E-state index >= 15 is 0 Å². The molecule has 0 amide bonds. The molecule has 0 saturated carbocycles. The van der Waals surface area contributed by atoms with E-state index in [9.17, 15) is 4.79 Å². The molecule has 1 aromatic carbocycles. The van der Waals surface area contributed by atoms with Gasteiger partial charge in [0.15, 0.2) is 11.6 Å². The lowest BCUT2D eigenvalue weighted by Gasteiger charge is -2.32. The lowest BCUT2D eigenvalue weighted by molar-refractivity contribution is 0.0900. The van der Waals surface area contributed by atoms with Crippen molar-refractivity contribution in [2.45, 2.75) is 19.8 Å². The first-order valence-corrected chi connectivity index (χ1v) is 8.82. The Morgan fingerprint density at radius 1 is 1.12 bits per heavy atom. The van der Waals surface area contributed by atoms with Gasteiger partial charge in [-0.1, -0.05) is 35.5 Å². The number of benzene rings is 1. The van der Waals surface area contributed by atoms with Crippen molar-refractivity contribution in [3.05, 3.63) is 60.0 Å². The smallest absolute Gasteiger partial charge is 0.261 e. The van der Waals surface area contributed by atoms with E-state index in [0.717, 1.165) is 42.9 Å². The largest absolute Gasteiger partial charge is 0.356 e. The number of pyridine rings is 1. The lowest BCUT2D eigenvalue weighted by atomic mass is 9.89. The van der Waals surface area contributed by atoms with Crippen molar-refractivity contribution in [2.75, 3.05) is 18.0 Å². The molecule has 1 aliphatic rings. The zero-order valence-corrected chi connectivity index (χ0v) is 14.6. The number of aryl methyl sites for hydroxylation is 1. The molecule has 1 saturated heterocycles. The van der Waals surface area contributed by atoms with E-state index in [1.165, 1.54) is 0 Å². The molecule has 4 rings (SSSR count). The van der Waals surface area contributed by atoms with Crippen LogP contribution >= 0.6 is 0 Å². The van der Waals surface area contributed by atoms with Crippen LogP contribution in [-0.4, -0.2) is 34.0 Å². The Morgan fingerprint density at radius 2 is 1.88 bits per heavy atom. The predicted molar refractivity (Wildman–Crippen MR) is 98.0 cm³/mol. The summed E-state index contributed by atoms with van der Waals surface area (Å²) in [5, 5.41) is 3.87. The molecular weight excluding hydrogens is 328 g/mol. The number of ketones is 1. The predicted octanol–water partition coefficient (Wildman–Crippen LogP) is 3.54. The number of carbonyl (C=O) groups excluding carboxylic acids is 1. The highest BCUT2D eigenvalue weighted by Gasteiger charge is 2.28. The van der Waals surface area contributed by atoms with Crippen LogP contribution < -0.4 is 4.90 Å². The Kier molecular flexibility index (Phi) is 4.48. The van der Waals surface area contributed by atoms with Crippen LogP contribution in [0.3, 0.4) is 0 Å². The van der Waals surface area contributed by atoms with Gasteiger partial charge in [0.25, 0.3) is 5.89 Å². The average molecular weight is 348 g/mol. The monoisotopic (exact) mass is 348 g/mol. The normalized spacial score (nSPS) is 15.2. The molecule has 2 aromatic heterocycles. The minimum atomic E-state index is 0.0615. The molecule has 6 nitrogen and oxygen atoms in total. The van der Waals surface area contributed by atoms with Crippen molar-refractivity contribution in [1.82, 2.24) is 15.1 Å². The summed E-state index contributed by atoms with van der Waals surface area (Å²) < 4.78 is 5.32. The van der Waals surface area contributed by atoms with Gasteiger partial charge in [0, 0.05) is 30.8 Å². The van der Waals surface area contributed by atoms with E-state index in [1.807, 2.05) is 42.5 Å². The molecule has 0 unspecified atom stereocenters. The fourth-order valence-corrected chi connectivity index (χ4v) is 3.41. The zero-order valence-electron chi connectivity index (χ0n) is 14.6. The van der Waals surface area contributed by atoms with Crippen LogP contribution in [0.4, 0.5) is 5.82 Å². The molecule has 1 aliphatic heterocycles. The van der Waals surface area contributed by atoms with E-state index in [-0.39, 0.29) is 11.7 Å². The Bertz CT molecular complexity index is 899. The number of aromatic nitrogens is 3. The Morgan fingerprint density at radius 3 is 2.58 bits per heavy atom. The third-order valence-corrected chi connectivity index (χ3v) is 4.77. The number of anilines is 1. The van der Waals surface area contributed by atoms with Gasteiger partial charge < -0.3 is 9.42 Å². The van der Waals surface area contributed by atoms with Crippen LogP contribution in [0.2, 0.25) is 0 Å². The van der Waals surface area contributed by atoms with Gasteiger partial charge in [-0.2, -0.15) is 4.98 Å². The highest BCUT2D eigenvalue weighted by molar-refractivity contribution is 5.98. The standard InChI is InChI=1S/C20H20N4O2/c1-14-22-20(26-23-14)17-8-5-11-21-19(17)24-12-9-16(10-13-24)18(25)15-6-3-2-4-7-15/h2-8,11,16H,9-10,12-13H2,1H3. The summed E-state index contributed by atoms with van der Waals surface area (Å²) in [6, 6.07) is 13.3. The van der Waals surface area contributed by atoms with Gasteiger partial charge in [0.1, 0.15) is 5.82 Å². The maximum Gasteiger partial charge on any atom is 0.261 e. The second-order valence-corrected chi connectivity index (χ2v) is 6.51. The van der Waals surface area contributed by atoms with Gasteiger partial charge in [-0.3, -0.25) is 4.79 Å². The summed E-state index contributed by atoms with van der Waals surface area (Å²) in [6.07, 6.45) is 3.39. The number of rotatable bonds is 4. The van der Waals surface area contributed by atoms with E-state index in [4.69, 9.17) is 4.52 Å². The Labute approximate surface area is 151 Å². The second-order valence-electron chi connectivity index (χ2n) is 6.51. The van der Waals surface area contributed by atoms with Gasteiger partial charge in [-0.05, 0) is 31.9 Å². The molecular formula is C20H20N4O2. The SMILES string of the molecule is Cc1noc(-c2cccnc2N2CCC(C(=O)c3ccccc3)CC2)n1. The molecule has 1 fully saturated rings. The van der Waals surface area contributed by atoms with E-state index < -0.39 is 0 Å². The number of carbonyl (C=O) groups is 1. The molecule has 0 N–H and O–H groups in total. The molecule has 0 bridgehead atoms. The number of nitrogens with zero attached hydrogens (tertiary/aromatic N) is 4. The highest BCUT2D eigenvalue weighted by atomic mass is 16.5. The first-order chi connectivity index (χ1) is 12.7. The minimum absolute atomic E-state index is 0.0615. The fraction of sp³-hybridized carbons (Fsp3) is 0.300. The lowest BCUT2D eigenvalue weighted by Crippen LogP contribution is -2.37. The van der Waals surface area contributed by atoms with Crippen LogP contribution in [0.5, 0.6) is 0 Å². The zero-order chi connectivity index (χ0) is 17.9. The second kappa shape index (κ2) is 7.07. The number of hydrogen-bond acceptors (Lipinski definition) is 6. The van der Waals surface area contributed by atoms with E-state index in [2.05, 4.69) is 20.0 Å². The summed E-state index contributed by atoms with van der Waals surface area (Å²) in [5.41, 5.74) is 1.63. The van der Waals surface area contributed by atoms with Crippen molar-refractivity contribution in [2.24, 2.45) is 5.92 Å². The first-order valence-electron chi connectivity index (χ1n) is 8.82. The van der Waals surface area contributed by atoms with Gasteiger partial charge >= 0.3 is 0 Å². The summed E-state index contributed by atoms with van der Waals surface area (Å²) in [6.45, 7) is 3.35.